The maximum atomic E-state index is 5.76. The highest BCUT2D eigenvalue weighted by Crippen LogP contribution is 2.55. The first kappa shape index (κ1) is 15.5. The van der Waals surface area contributed by atoms with Gasteiger partial charge >= 0.3 is 0 Å². The molecule has 0 amide bonds. The summed E-state index contributed by atoms with van der Waals surface area (Å²) < 4.78 is 5.76. The molecule has 6 heteroatoms. The first-order valence-corrected chi connectivity index (χ1v) is 10.7. The summed E-state index contributed by atoms with van der Waals surface area (Å²) >= 11 is 7.08. The molecule has 0 aromatic carbocycles. The van der Waals surface area contributed by atoms with Crippen molar-refractivity contribution in [2.24, 2.45) is 4.99 Å². The van der Waals surface area contributed by atoms with Crippen LogP contribution in [0.3, 0.4) is 0 Å². The SMILES string of the molecule is CSP(=S)(NC=NC1CCCCC1)OC(C)C. The number of rotatable bonds is 6. The van der Waals surface area contributed by atoms with E-state index in [9.17, 15) is 0 Å². The zero-order valence-corrected chi connectivity index (χ0v) is 13.4. The van der Waals surface area contributed by atoms with Crippen LogP contribution in [0.2, 0.25) is 0 Å². The summed E-state index contributed by atoms with van der Waals surface area (Å²) in [6.45, 7) is 4.02. The molecule has 1 unspecified atom stereocenters. The zero-order chi connectivity index (χ0) is 12.7. The summed E-state index contributed by atoms with van der Waals surface area (Å²) in [6, 6.07) is 0.487. The van der Waals surface area contributed by atoms with Gasteiger partial charge in [-0.05, 0) is 44.8 Å². The fraction of sp³-hybridized carbons (Fsp3) is 0.909. The fourth-order valence-electron chi connectivity index (χ4n) is 1.84. The highest BCUT2D eigenvalue weighted by molar-refractivity contribution is 8.68. The van der Waals surface area contributed by atoms with Crippen LogP contribution in [0.5, 0.6) is 0 Å². The van der Waals surface area contributed by atoms with Gasteiger partial charge in [0.1, 0.15) is 0 Å². The molecular formula is C11H23N2OPS2. The number of hydrogen-bond donors (Lipinski definition) is 1. The topological polar surface area (TPSA) is 33.6 Å². The van der Waals surface area contributed by atoms with Crippen LogP contribution in [0.25, 0.3) is 0 Å². The van der Waals surface area contributed by atoms with E-state index in [4.69, 9.17) is 16.3 Å². The minimum absolute atomic E-state index is 0.156. The lowest BCUT2D eigenvalue weighted by Gasteiger charge is -2.22. The van der Waals surface area contributed by atoms with Gasteiger partial charge in [-0.25, -0.2) is 0 Å². The number of nitrogens with zero attached hydrogens (tertiary/aromatic N) is 1. The number of hydrogen-bond acceptors (Lipinski definition) is 4. The molecule has 1 atom stereocenters. The Morgan fingerprint density at radius 3 is 2.59 bits per heavy atom. The van der Waals surface area contributed by atoms with E-state index in [2.05, 4.69) is 10.1 Å². The van der Waals surface area contributed by atoms with Gasteiger partial charge in [0.2, 0.25) is 5.62 Å². The molecule has 1 aliphatic rings. The third-order valence-electron chi connectivity index (χ3n) is 2.67. The van der Waals surface area contributed by atoms with Crippen molar-refractivity contribution in [2.75, 3.05) is 6.26 Å². The van der Waals surface area contributed by atoms with E-state index in [1.807, 2.05) is 20.1 Å². The molecule has 1 aliphatic carbocycles. The molecule has 1 saturated carbocycles. The Kier molecular flexibility index (Phi) is 7.08. The Labute approximate surface area is 114 Å². The Balaban J connectivity index is 2.40. The summed E-state index contributed by atoms with van der Waals surface area (Å²) in [5.74, 6) is 0. The Bertz CT molecular complexity index is 291. The van der Waals surface area contributed by atoms with Crippen LogP contribution < -0.4 is 5.09 Å². The maximum absolute atomic E-state index is 5.76. The quantitative estimate of drug-likeness (QED) is 0.457. The lowest BCUT2D eigenvalue weighted by Crippen LogP contribution is -2.15. The average Bonchev–Trinajstić information content (AvgIpc) is 2.29. The van der Waals surface area contributed by atoms with Crippen LogP contribution in [0.4, 0.5) is 0 Å². The predicted molar refractivity (Wildman–Crippen MR) is 82.5 cm³/mol. The highest BCUT2D eigenvalue weighted by Gasteiger charge is 2.17. The molecule has 100 valence electrons. The molecule has 0 aromatic rings. The normalized spacial score (nSPS) is 21.9. The summed E-state index contributed by atoms with van der Waals surface area (Å²) in [5, 5.41) is 3.20. The zero-order valence-electron chi connectivity index (χ0n) is 10.9. The van der Waals surface area contributed by atoms with Gasteiger partial charge in [0.25, 0.3) is 0 Å². The van der Waals surface area contributed by atoms with Crippen LogP contribution in [-0.4, -0.2) is 24.7 Å². The van der Waals surface area contributed by atoms with Gasteiger partial charge in [0.15, 0.2) is 0 Å². The van der Waals surface area contributed by atoms with Crippen molar-refractivity contribution in [3.05, 3.63) is 0 Å². The first-order chi connectivity index (χ1) is 8.06. The number of nitrogens with one attached hydrogen (secondary N) is 1. The second-order valence-electron chi connectivity index (χ2n) is 4.53. The lowest BCUT2D eigenvalue weighted by molar-refractivity contribution is 0.274. The van der Waals surface area contributed by atoms with Gasteiger partial charge in [0, 0.05) is 0 Å². The molecule has 1 rings (SSSR count). The minimum Gasteiger partial charge on any atom is -0.324 e. The Morgan fingerprint density at radius 1 is 1.41 bits per heavy atom. The van der Waals surface area contributed by atoms with Gasteiger partial charge < -0.3 is 9.61 Å². The molecular weight excluding hydrogens is 271 g/mol. The molecule has 1 N–H and O–H groups in total. The number of aliphatic imine (C=N–C) groups is 1. The van der Waals surface area contributed by atoms with Gasteiger partial charge in [0.05, 0.1) is 18.5 Å². The van der Waals surface area contributed by atoms with E-state index in [1.165, 1.54) is 32.1 Å². The monoisotopic (exact) mass is 294 g/mol. The van der Waals surface area contributed by atoms with Crippen LogP contribution in [0, 0.1) is 0 Å². The van der Waals surface area contributed by atoms with Gasteiger partial charge in [-0.1, -0.05) is 30.6 Å². The molecule has 3 nitrogen and oxygen atoms in total. The van der Waals surface area contributed by atoms with Crippen molar-refractivity contribution in [1.29, 1.82) is 0 Å². The molecule has 0 saturated heterocycles. The van der Waals surface area contributed by atoms with E-state index in [0.717, 1.165) is 0 Å². The molecule has 0 heterocycles. The van der Waals surface area contributed by atoms with E-state index in [1.54, 1.807) is 17.7 Å². The fourth-order valence-corrected chi connectivity index (χ4v) is 4.75. The molecule has 0 radical (unpaired) electrons. The smallest absolute Gasteiger partial charge is 0.211 e. The first-order valence-electron chi connectivity index (χ1n) is 6.19. The summed E-state index contributed by atoms with van der Waals surface area (Å²) in [4.78, 5) is 4.56. The minimum atomic E-state index is -1.97. The lowest BCUT2D eigenvalue weighted by atomic mass is 9.96. The molecule has 0 spiro atoms. The van der Waals surface area contributed by atoms with Crippen LogP contribution >= 0.6 is 17.0 Å². The van der Waals surface area contributed by atoms with Crippen molar-refractivity contribution in [3.8, 4) is 0 Å². The van der Waals surface area contributed by atoms with E-state index in [0.29, 0.717) is 6.04 Å². The van der Waals surface area contributed by atoms with Crippen molar-refractivity contribution < 1.29 is 4.52 Å². The Morgan fingerprint density at radius 2 is 2.06 bits per heavy atom. The van der Waals surface area contributed by atoms with Crippen LogP contribution in [-0.2, 0) is 16.3 Å². The average molecular weight is 294 g/mol. The van der Waals surface area contributed by atoms with Gasteiger partial charge in [-0.3, -0.25) is 4.99 Å². The summed E-state index contributed by atoms with van der Waals surface area (Å²) in [5.41, 5.74) is -1.97. The molecule has 0 bridgehead atoms. The van der Waals surface area contributed by atoms with E-state index < -0.39 is 5.62 Å². The Hall–Kier alpha value is 0.430. The van der Waals surface area contributed by atoms with Gasteiger partial charge in [-0.2, -0.15) is 0 Å². The maximum Gasteiger partial charge on any atom is 0.211 e. The molecule has 0 aliphatic heterocycles. The van der Waals surface area contributed by atoms with Crippen LogP contribution in [0.1, 0.15) is 46.0 Å². The standard InChI is InChI=1S/C11H23N2OPS2/c1-10(2)14-15(16,17-3)13-9-12-11-7-5-4-6-8-11/h9-11H,4-8H2,1-3H3,(H,12,13,16). The molecule has 0 aromatic heterocycles. The van der Waals surface area contributed by atoms with Crippen molar-refractivity contribution in [2.45, 2.75) is 58.1 Å². The van der Waals surface area contributed by atoms with E-state index in [-0.39, 0.29) is 6.10 Å². The van der Waals surface area contributed by atoms with E-state index >= 15 is 0 Å². The van der Waals surface area contributed by atoms with Crippen molar-refractivity contribution >= 4 is 35.1 Å². The summed E-state index contributed by atoms with van der Waals surface area (Å²) in [7, 11) is 0. The second kappa shape index (κ2) is 7.78. The second-order valence-corrected chi connectivity index (χ2v) is 11.2. The predicted octanol–water partition coefficient (Wildman–Crippen LogP) is 3.95. The highest BCUT2D eigenvalue weighted by atomic mass is 32.9. The third kappa shape index (κ3) is 6.23. The molecule has 1 fully saturated rings. The van der Waals surface area contributed by atoms with Gasteiger partial charge in [-0.15, -0.1) is 0 Å². The molecule has 17 heavy (non-hydrogen) atoms. The largest absolute Gasteiger partial charge is 0.324 e. The van der Waals surface area contributed by atoms with Crippen molar-refractivity contribution in [1.82, 2.24) is 5.09 Å². The van der Waals surface area contributed by atoms with Crippen molar-refractivity contribution in [3.63, 3.8) is 0 Å². The third-order valence-corrected chi connectivity index (χ3v) is 8.21. The van der Waals surface area contributed by atoms with Crippen LogP contribution in [0.15, 0.2) is 4.99 Å². The summed E-state index contributed by atoms with van der Waals surface area (Å²) in [6.07, 6.45) is 10.3.